The average Bonchev–Trinajstić information content (AvgIpc) is 2.54. The summed E-state index contributed by atoms with van der Waals surface area (Å²) in [5.74, 6) is -0.0395. The van der Waals surface area contributed by atoms with Crippen LogP contribution in [0.4, 0.5) is 0 Å². The quantitative estimate of drug-likeness (QED) is 0.757. The van der Waals surface area contributed by atoms with E-state index < -0.39 is 0 Å². The van der Waals surface area contributed by atoms with E-state index in [4.69, 9.17) is 12.2 Å². The van der Waals surface area contributed by atoms with Gasteiger partial charge in [-0.05, 0) is 43.1 Å². The van der Waals surface area contributed by atoms with Crippen LogP contribution in [0.15, 0.2) is 29.1 Å². The lowest BCUT2D eigenvalue weighted by atomic mass is 9.90. The molecule has 0 fully saturated rings. The minimum Gasteiger partial charge on any atom is -0.494 e. The fraction of sp³-hybridized carbons (Fsp3) is 0.412. The van der Waals surface area contributed by atoms with Gasteiger partial charge in [0.25, 0.3) is 5.56 Å². The Balaban J connectivity index is 2.22. The second-order valence-electron chi connectivity index (χ2n) is 5.96. The molecule has 3 rings (SSSR count). The summed E-state index contributed by atoms with van der Waals surface area (Å²) in [5.41, 5.74) is 2.24. The van der Waals surface area contributed by atoms with Gasteiger partial charge in [-0.25, -0.2) is 0 Å². The minimum absolute atomic E-state index is 0.0111. The third-order valence-electron chi connectivity index (χ3n) is 4.58. The summed E-state index contributed by atoms with van der Waals surface area (Å²) in [6.45, 7) is 4.75. The molecule has 0 bridgehead atoms. The predicted octanol–water partition coefficient (Wildman–Crippen LogP) is 2.82. The topological polar surface area (TPSA) is 70.0 Å². The molecule has 1 aliphatic rings. The molecule has 2 atom stereocenters. The molecule has 0 aliphatic carbocycles. The number of fused-ring (bicyclic) bond motifs is 1. The maximum absolute atomic E-state index is 12.5. The fourth-order valence-corrected chi connectivity index (χ4v) is 3.53. The molecule has 0 amide bonds. The molecule has 1 aromatic heterocycles. The van der Waals surface area contributed by atoms with Crippen molar-refractivity contribution in [2.75, 3.05) is 6.54 Å². The van der Waals surface area contributed by atoms with Gasteiger partial charge in [-0.3, -0.25) is 14.3 Å². The summed E-state index contributed by atoms with van der Waals surface area (Å²) in [6.07, 6.45) is 1.72. The highest BCUT2D eigenvalue weighted by Crippen LogP contribution is 2.32. The zero-order chi connectivity index (χ0) is 16.6. The number of aromatic nitrogens is 2. The number of hydrogen-bond donors (Lipinski definition) is 3. The molecule has 2 heterocycles. The largest absolute Gasteiger partial charge is 0.494 e. The van der Waals surface area contributed by atoms with E-state index in [0.29, 0.717) is 5.56 Å². The molecular weight excluding hydrogens is 310 g/mol. The van der Waals surface area contributed by atoms with Crippen LogP contribution in [0.1, 0.15) is 49.0 Å². The fourth-order valence-electron chi connectivity index (χ4n) is 3.17. The molecule has 3 N–H and O–H groups in total. The van der Waals surface area contributed by atoms with E-state index in [1.54, 1.807) is 4.57 Å². The molecule has 1 aromatic carbocycles. The first-order valence-corrected chi connectivity index (χ1v) is 8.34. The highest BCUT2D eigenvalue weighted by atomic mass is 32.1. The number of rotatable bonds is 3. The summed E-state index contributed by atoms with van der Waals surface area (Å²) in [5, 5.41) is 14.1. The van der Waals surface area contributed by atoms with Crippen LogP contribution in [-0.4, -0.2) is 21.2 Å². The van der Waals surface area contributed by atoms with Crippen LogP contribution in [0, 0.1) is 4.77 Å². The van der Waals surface area contributed by atoms with Crippen LogP contribution >= 0.6 is 12.2 Å². The average molecular weight is 331 g/mol. The van der Waals surface area contributed by atoms with Crippen LogP contribution in [0.5, 0.6) is 5.88 Å². The van der Waals surface area contributed by atoms with E-state index in [1.807, 2.05) is 32.0 Å². The van der Waals surface area contributed by atoms with E-state index in [0.717, 1.165) is 24.9 Å². The number of nitrogens with one attached hydrogen (secondary N) is 2. The second kappa shape index (κ2) is 6.29. The van der Waals surface area contributed by atoms with Crippen LogP contribution in [-0.2, 0) is 6.42 Å². The molecular formula is C17H21N3O2S. The van der Waals surface area contributed by atoms with Crippen molar-refractivity contribution in [3.63, 3.8) is 0 Å². The lowest BCUT2D eigenvalue weighted by Crippen LogP contribution is -2.35. The lowest BCUT2D eigenvalue weighted by molar-refractivity contribution is 0.358. The number of nitrogens with zero attached hydrogens (tertiary/aromatic N) is 1. The Morgan fingerprint density at radius 1 is 1.43 bits per heavy atom. The Morgan fingerprint density at radius 3 is 2.91 bits per heavy atom. The molecule has 23 heavy (non-hydrogen) atoms. The van der Waals surface area contributed by atoms with Crippen LogP contribution in [0.3, 0.4) is 0 Å². The van der Waals surface area contributed by atoms with Gasteiger partial charge in [0.15, 0.2) is 4.77 Å². The third-order valence-corrected chi connectivity index (χ3v) is 4.88. The first-order chi connectivity index (χ1) is 11.0. The van der Waals surface area contributed by atoms with E-state index in [1.165, 1.54) is 5.56 Å². The van der Waals surface area contributed by atoms with Gasteiger partial charge in [0.1, 0.15) is 0 Å². The zero-order valence-corrected chi connectivity index (χ0v) is 14.1. The number of H-pyrrole nitrogens is 1. The summed E-state index contributed by atoms with van der Waals surface area (Å²) in [4.78, 5) is 15.2. The van der Waals surface area contributed by atoms with Crippen molar-refractivity contribution in [1.82, 2.24) is 14.9 Å². The van der Waals surface area contributed by atoms with Crippen LogP contribution in [0.2, 0.25) is 0 Å². The van der Waals surface area contributed by atoms with Crippen molar-refractivity contribution in [3.05, 3.63) is 56.1 Å². The molecule has 6 heteroatoms. The first-order valence-electron chi connectivity index (χ1n) is 7.93. The summed E-state index contributed by atoms with van der Waals surface area (Å²) in [6, 6.07) is 7.70. The van der Waals surface area contributed by atoms with Crippen molar-refractivity contribution < 1.29 is 5.11 Å². The van der Waals surface area contributed by atoms with Gasteiger partial charge in [0, 0.05) is 12.6 Å². The molecule has 5 nitrogen and oxygen atoms in total. The van der Waals surface area contributed by atoms with E-state index in [2.05, 4.69) is 16.4 Å². The highest BCUT2D eigenvalue weighted by Gasteiger charge is 2.28. The molecule has 2 aromatic rings. The smallest absolute Gasteiger partial charge is 0.260 e. The van der Waals surface area contributed by atoms with Gasteiger partial charge in [0.05, 0.1) is 11.6 Å². The Labute approximate surface area is 140 Å². The Bertz CT molecular complexity index is 840. The van der Waals surface area contributed by atoms with Crippen molar-refractivity contribution in [1.29, 1.82) is 0 Å². The van der Waals surface area contributed by atoms with Crippen molar-refractivity contribution in [2.45, 2.75) is 38.8 Å². The molecule has 0 unspecified atom stereocenters. The Kier molecular flexibility index (Phi) is 4.37. The number of aromatic hydroxyl groups is 1. The van der Waals surface area contributed by atoms with E-state index >= 15 is 0 Å². The Hall–Kier alpha value is -1.92. The third kappa shape index (κ3) is 2.72. The summed E-state index contributed by atoms with van der Waals surface area (Å²) < 4.78 is 1.89. The number of hydrogen-bond acceptors (Lipinski definition) is 4. The maximum Gasteiger partial charge on any atom is 0.260 e. The standard InChI is InChI=1S/C17H21N3O2S/c1-3-10(2)20-16(22)13(15(21)19-17(20)23)14-12-7-5-4-6-11(12)8-9-18-14/h4-7,10,14,18,22H,3,8-9H2,1-2H3,(H,19,21,23)/t10-,14-/m1/s1. The predicted molar refractivity (Wildman–Crippen MR) is 92.5 cm³/mol. The zero-order valence-electron chi connectivity index (χ0n) is 13.3. The second-order valence-corrected chi connectivity index (χ2v) is 6.35. The van der Waals surface area contributed by atoms with Gasteiger partial charge in [-0.1, -0.05) is 31.2 Å². The molecule has 0 saturated carbocycles. The minimum atomic E-state index is -0.332. The SMILES string of the molecule is CC[C@@H](C)n1c(O)c([C@@H]2NCCc3ccccc32)c(=O)[nH]c1=S. The highest BCUT2D eigenvalue weighted by molar-refractivity contribution is 7.71. The molecule has 0 radical (unpaired) electrons. The van der Waals surface area contributed by atoms with Crippen molar-refractivity contribution >= 4 is 12.2 Å². The number of benzene rings is 1. The first kappa shape index (κ1) is 16.0. The normalized spacial score (nSPS) is 18.4. The van der Waals surface area contributed by atoms with Crippen LogP contribution < -0.4 is 10.9 Å². The van der Waals surface area contributed by atoms with E-state index in [9.17, 15) is 9.90 Å². The van der Waals surface area contributed by atoms with Gasteiger partial charge in [0.2, 0.25) is 5.88 Å². The van der Waals surface area contributed by atoms with Gasteiger partial charge >= 0.3 is 0 Å². The molecule has 1 aliphatic heterocycles. The van der Waals surface area contributed by atoms with E-state index in [-0.39, 0.29) is 28.3 Å². The summed E-state index contributed by atoms with van der Waals surface area (Å²) in [7, 11) is 0. The number of aromatic amines is 1. The summed E-state index contributed by atoms with van der Waals surface area (Å²) >= 11 is 5.24. The molecule has 0 spiro atoms. The van der Waals surface area contributed by atoms with Crippen molar-refractivity contribution in [2.24, 2.45) is 0 Å². The van der Waals surface area contributed by atoms with Gasteiger partial charge < -0.3 is 10.4 Å². The maximum atomic E-state index is 12.5. The Morgan fingerprint density at radius 2 is 2.17 bits per heavy atom. The van der Waals surface area contributed by atoms with Crippen LogP contribution in [0.25, 0.3) is 0 Å². The lowest BCUT2D eigenvalue weighted by Gasteiger charge is -2.28. The van der Waals surface area contributed by atoms with Gasteiger partial charge in [-0.2, -0.15) is 0 Å². The van der Waals surface area contributed by atoms with Gasteiger partial charge in [-0.15, -0.1) is 0 Å². The molecule has 122 valence electrons. The molecule has 0 saturated heterocycles. The van der Waals surface area contributed by atoms with Crippen molar-refractivity contribution in [3.8, 4) is 5.88 Å². The monoisotopic (exact) mass is 331 g/mol.